The molecule has 1 heterocycles. The molecule has 1 unspecified atom stereocenters. The summed E-state index contributed by atoms with van der Waals surface area (Å²) in [6.07, 6.45) is 16.4. The molecule has 0 spiro atoms. The maximum absolute atomic E-state index is 4.30. The van der Waals surface area contributed by atoms with Gasteiger partial charge in [-0.25, -0.2) is 0 Å². The van der Waals surface area contributed by atoms with Crippen molar-refractivity contribution in [3.8, 4) is 0 Å². The van der Waals surface area contributed by atoms with Crippen LogP contribution in [0.1, 0.15) is 24.5 Å². The zero-order chi connectivity index (χ0) is 14.3. The van der Waals surface area contributed by atoms with Crippen molar-refractivity contribution < 1.29 is 23.2 Å². The predicted octanol–water partition coefficient (Wildman–Crippen LogP) is 4.77. The van der Waals surface area contributed by atoms with Crippen molar-refractivity contribution >= 4 is 30.9 Å². The molecule has 2 aromatic rings. The van der Waals surface area contributed by atoms with Gasteiger partial charge in [0, 0.05) is 0 Å². The topological polar surface area (TPSA) is 17.8 Å². The Bertz CT molecular complexity index is 778. The minimum absolute atomic E-state index is 0. The van der Waals surface area contributed by atoms with E-state index in [1.165, 1.54) is 16.7 Å². The van der Waals surface area contributed by atoms with Gasteiger partial charge in [-0.2, -0.15) is 0 Å². The number of benzene rings is 1. The largest absolute Gasteiger partial charge is 0.147 e. The van der Waals surface area contributed by atoms with Gasteiger partial charge in [0.05, 0.1) is 0 Å². The molecule has 1 atom stereocenters. The normalized spacial score (nSPS) is 20.9. The number of hydrogen-bond acceptors (Lipinski definition) is 1. The van der Waals surface area contributed by atoms with Crippen LogP contribution in [0.2, 0.25) is 0 Å². The number of rotatable bonds is 3. The van der Waals surface area contributed by atoms with Crippen LogP contribution in [0.3, 0.4) is 0 Å². The second-order valence-corrected chi connectivity index (χ2v) is 9.52. The van der Waals surface area contributed by atoms with Crippen LogP contribution in [0.15, 0.2) is 70.1 Å². The standard InChI is InChI=1S/C12H9N2.C6H7.2ClH.Zr/c1-2-4-11-10(3-1)5-6-12(11)14-8-7-13-9-14;1-6-4-2-3-5-6;;;/h1-9H;2,4H,3H2,1H3;2*1H;. The second kappa shape index (κ2) is 7.34. The molecule has 0 N–H and O–H groups in total. The number of hydrogen-bond donors (Lipinski definition) is 0. The van der Waals surface area contributed by atoms with E-state index in [9.17, 15) is 0 Å². The summed E-state index contributed by atoms with van der Waals surface area (Å²) in [5, 5.41) is 0. The predicted molar refractivity (Wildman–Crippen MR) is 95.7 cm³/mol. The number of aromatic nitrogens is 2. The van der Waals surface area contributed by atoms with Gasteiger partial charge >= 0.3 is 137 Å². The molecule has 1 aromatic heterocycles. The summed E-state index contributed by atoms with van der Waals surface area (Å²) in [5.41, 5.74) is 4.29. The Morgan fingerprint density at radius 2 is 2.00 bits per heavy atom. The molecule has 0 fully saturated rings. The number of imidazole rings is 1. The molecule has 4 rings (SSSR count). The molecule has 0 saturated heterocycles. The molecule has 2 aliphatic rings. The van der Waals surface area contributed by atoms with Crippen molar-refractivity contribution in [2.45, 2.75) is 16.6 Å². The Morgan fingerprint density at radius 3 is 2.70 bits per heavy atom. The van der Waals surface area contributed by atoms with E-state index in [1.807, 2.05) is 12.5 Å². The van der Waals surface area contributed by atoms with Crippen molar-refractivity contribution in [2.24, 2.45) is 0 Å². The summed E-state index contributed by atoms with van der Waals surface area (Å²) in [4.78, 5) is 4.30. The molecule has 0 bridgehead atoms. The maximum atomic E-state index is 4.30. The molecule has 23 heavy (non-hydrogen) atoms. The van der Waals surface area contributed by atoms with Gasteiger partial charge in [0.25, 0.3) is 0 Å². The fourth-order valence-corrected chi connectivity index (χ4v) is 7.45. The van der Waals surface area contributed by atoms with E-state index in [1.54, 1.807) is 3.28 Å². The third kappa shape index (κ3) is 3.07. The molecule has 118 valence electrons. The summed E-state index contributed by atoms with van der Waals surface area (Å²) >= 11 is -0.856. The van der Waals surface area contributed by atoms with Crippen LogP contribution >= 0.6 is 24.8 Å². The molecule has 1 aromatic carbocycles. The van der Waals surface area contributed by atoms with Crippen molar-refractivity contribution in [2.75, 3.05) is 0 Å². The van der Waals surface area contributed by atoms with Crippen LogP contribution in [0.4, 0.5) is 0 Å². The molecule has 0 saturated carbocycles. The first-order valence-electron chi connectivity index (χ1n) is 7.21. The maximum Gasteiger partial charge on any atom is -0.147 e. The van der Waals surface area contributed by atoms with Crippen LogP contribution in [0, 0.1) is 0 Å². The number of halogens is 2. The van der Waals surface area contributed by atoms with Gasteiger partial charge in [-0.3, -0.25) is 0 Å². The summed E-state index contributed by atoms with van der Waals surface area (Å²) < 4.78 is 4.05. The quantitative estimate of drug-likeness (QED) is 0.694. The van der Waals surface area contributed by atoms with Crippen molar-refractivity contribution in [1.82, 2.24) is 9.55 Å². The Morgan fingerprint density at radius 1 is 1.17 bits per heavy atom. The van der Waals surface area contributed by atoms with E-state index >= 15 is 0 Å². The third-order valence-corrected chi connectivity index (χ3v) is 9.15. The van der Waals surface area contributed by atoms with E-state index in [0.717, 1.165) is 6.42 Å². The minimum Gasteiger partial charge on any atom is -0.147 e. The van der Waals surface area contributed by atoms with Crippen molar-refractivity contribution in [3.63, 3.8) is 0 Å². The molecule has 0 amide bonds. The van der Waals surface area contributed by atoms with E-state index in [4.69, 9.17) is 0 Å². The van der Waals surface area contributed by atoms with Crippen LogP contribution in [0.5, 0.6) is 0 Å². The SMILES string of the molecule is CC1=[C]([Zr][C]2(n3ccnc3)C=Cc3ccccc32)CC=C1.Cl.Cl. The zero-order valence-corrected chi connectivity index (χ0v) is 16.9. The number of nitrogens with zero attached hydrogens (tertiary/aromatic N) is 2. The second-order valence-electron chi connectivity index (χ2n) is 5.55. The Labute approximate surface area is 160 Å². The summed E-state index contributed by atoms with van der Waals surface area (Å²) in [7, 11) is 0. The summed E-state index contributed by atoms with van der Waals surface area (Å²) in [6.45, 7) is 2.26. The molecular formula is C18H18Cl2N2Zr. The first kappa shape index (κ1) is 18.5. The van der Waals surface area contributed by atoms with E-state index < -0.39 is 23.2 Å². The summed E-state index contributed by atoms with van der Waals surface area (Å²) in [5.74, 6) is 0. The van der Waals surface area contributed by atoms with Gasteiger partial charge in [-0.05, 0) is 0 Å². The number of fused-ring (bicyclic) bond motifs is 1. The minimum atomic E-state index is -0.856. The smallest absolute Gasteiger partial charge is 0.147 e. The molecular weight excluding hydrogens is 406 g/mol. The molecule has 5 heteroatoms. The van der Waals surface area contributed by atoms with Gasteiger partial charge < -0.3 is 0 Å². The molecule has 0 radical (unpaired) electrons. The fourth-order valence-electron chi connectivity index (χ4n) is 3.15. The monoisotopic (exact) mass is 422 g/mol. The van der Waals surface area contributed by atoms with Gasteiger partial charge in [0.15, 0.2) is 0 Å². The van der Waals surface area contributed by atoms with E-state index in [2.05, 4.69) is 71.2 Å². The fraction of sp³-hybridized carbons (Fsp3) is 0.167. The molecule has 0 aliphatic heterocycles. The zero-order valence-electron chi connectivity index (χ0n) is 12.8. The van der Waals surface area contributed by atoms with Crippen LogP contribution in [0.25, 0.3) is 6.08 Å². The Kier molecular flexibility index (Phi) is 5.89. The van der Waals surface area contributed by atoms with Gasteiger partial charge in [-0.1, -0.05) is 0 Å². The third-order valence-electron chi connectivity index (χ3n) is 4.29. The molecule has 2 aliphatic carbocycles. The Hall–Kier alpha value is -0.887. The Balaban J connectivity index is 0.000000960. The number of allylic oxidation sites excluding steroid dienone is 5. The van der Waals surface area contributed by atoms with Crippen molar-refractivity contribution in [1.29, 1.82) is 0 Å². The average Bonchev–Trinajstić information content (AvgIpc) is 3.22. The molecule has 2 nitrogen and oxygen atoms in total. The van der Waals surface area contributed by atoms with Crippen LogP contribution in [-0.4, -0.2) is 9.55 Å². The first-order valence-corrected chi connectivity index (χ1v) is 9.67. The van der Waals surface area contributed by atoms with Gasteiger partial charge in [0.2, 0.25) is 0 Å². The first-order chi connectivity index (χ1) is 10.3. The summed E-state index contributed by atoms with van der Waals surface area (Å²) in [6, 6.07) is 8.79. The van der Waals surface area contributed by atoms with E-state index in [0.29, 0.717) is 0 Å². The van der Waals surface area contributed by atoms with Crippen LogP contribution < -0.4 is 0 Å². The average molecular weight is 424 g/mol. The van der Waals surface area contributed by atoms with Crippen LogP contribution in [-0.2, 0) is 26.5 Å². The van der Waals surface area contributed by atoms with Gasteiger partial charge in [0.1, 0.15) is 0 Å². The van der Waals surface area contributed by atoms with Gasteiger partial charge in [-0.15, -0.1) is 24.8 Å². The van der Waals surface area contributed by atoms with Crippen molar-refractivity contribution in [3.05, 3.63) is 81.2 Å². The van der Waals surface area contributed by atoms with E-state index in [-0.39, 0.29) is 28.1 Å².